The van der Waals surface area contributed by atoms with Gasteiger partial charge in [0.1, 0.15) is 0 Å². The predicted molar refractivity (Wildman–Crippen MR) is 86.2 cm³/mol. The molecule has 0 saturated heterocycles. The Morgan fingerprint density at radius 2 is 1.85 bits per heavy atom. The first-order valence-corrected chi connectivity index (χ1v) is 7.63. The van der Waals surface area contributed by atoms with Crippen LogP contribution in [-0.2, 0) is 6.42 Å². The minimum absolute atomic E-state index is 0.180. The zero-order chi connectivity index (χ0) is 13.9. The second-order valence-electron chi connectivity index (χ2n) is 5.11. The van der Waals surface area contributed by atoms with Gasteiger partial charge in [0.05, 0.1) is 5.03 Å². The molecule has 3 aromatic rings. The summed E-state index contributed by atoms with van der Waals surface area (Å²) in [5.74, 6) is 0. The van der Waals surface area contributed by atoms with Crippen LogP contribution in [-0.4, -0.2) is 11.0 Å². The summed E-state index contributed by atoms with van der Waals surface area (Å²) in [4.78, 5) is 4.73. The number of H-pyrrole nitrogens is 1. The van der Waals surface area contributed by atoms with Crippen LogP contribution in [0.1, 0.15) is 12.5 Å². The molecule has 0 aliphatic heterocycles. The van der Waals surface area contributed by atoms with Crippen molar-refractivity contribution in [2.24, 2.45) is 5.73 Å². The Hall–Kier alpha value is -1.71. The molecule has 0 spiro atoms. The highest BCUT2D eigenvalue weighted by molar-refractivity contribution is 7.99. The van der Waals surface area contributed by atoms with Crippen molar-refractivity contribution in [3.8, 4) is 0 Å². The monoisotopic (exact) mass is 282 g/mol. The fraction of sp³-hybridized carbons (Fsp3) is 0.176. The summed E-state index contributed by atoms with van der Waals surface area (Å²) < 4.78 is 0. The second kappa shape index (κ2) is 5.73. The van der Waals surface area contributed by atoms with E-state index in [9.17, 15) is 0 Å². The van der Waals surface area contributed by atoms with E-state index in [0.717, 1.165) is 6.42 Å². The second-order valence-corrected chi connectivity index (χ2v) is 6.20. The maximum absolute atomic E-state index is 5.93. The van der Waals surface area contributed by atoms with Gasteiger partial charge in [-0.2, -0.15) is 0 Å². The largest absolute Gasteiger partial charge is 0.349 e. The molecule has 2 nitrogen and oxygen atoms in total. The smallest absolute Gasteiger partial charge is 0.0780 e. The van der Waals surface area contributed by atoms with E-state index in [0.29, 0.717) is 0 Å². The topological polar surface area (TPSA) is 41.8 Å². The Labute approximate surface area is 123 Å². The number of aromatic amines is 1. The summed E-state index contributed by atoms with van der Waals surface area (Å²) in [6.45, 7) is 2.05. The van der Waals surface area contributed by atoms with Crippen LogP contribution in [0.15, 0.2) is 64.5 Å². The fourth-order valence-corrected chi connectivity index (χ4v) is 3.35. The van der Waals surface area contributed by atoms with Crippen LogP contribution in [0.2, 0.25) is 0 Å². The Morgan fingerprint density at radius 1 is 1.10 bits per heavy atom. The van der Waals surface area contributed by atoms with Gasteiger partial charge >= 0.3 is 0 Å². The lowest BCUT2D eigenvalue weighted by Crippen LogP contribution is -2.18. The Kier molecular flexibility index (Phi) is 3.81. The summed E-state index contributed by atoms with van der Waals surface area (Å²) in [7, 11) is 0. The molecule has 0 saturated carbocycles. The Balaban J connectivity index is 1.90. The molecule has 0 fully saturated rings. The van der Waals surface area contributed by atoms with E-state index in [4.69, 9.17) is 5.73 Å². The maximum Gasteiger partial charge on any atom is 0.0780 e. The quantitative estimate of drug-likeness (QED) is 0.752. The molecule has 3 N–H and O–H groups in total. The standard InChI is InChI=1S/C17H18N2S/c1-12(18)10-14-7-3-5-9-16(14)20-17-11-13-6-2-4-8-15(13)19-17/h2-9,11-12,19H,10,18H2,1H3. The number of hydrogen-bond donors (Lipinski definition) is 2. The molecule has 0 aliphatic rings. The summed E-state index contributed by atoms with van der Waals surface area (Å²) in [5, 5.41) is 2.42. The molecule has 0 radical (unpaired) electrons. The van der Waals surface area contributed by atoms with Crippen LogP contribution in [0.25, 0.3) is 10.9 Å². The number of hydrogen-bond acceptors (Lipinski definition) is 2. The molecular weight excluding hydrogens is 264 g/mol. The van der Waals surface area contributed by atoms with E-state index in [2.05, 4.69) is 59.6 Å². The average molecular weight is 282 g/mol. The molecule has 0 bridgehead atoms. The molecule has 0 aliphatic carbocycles. The van der Waals surface area contributed by atoms with Crippen molar-refractivity contribution in [2.75, 3.05) is 0 Å². The van der Waals surface area contributed by atoms with Gasteiger partial charge in [0.15, 0.2) is 0 Å². The van der Waals surface area contributed by atoms with Crippen molar-refractivity contribution in [1.82, 2.24) is 4.98 Å². The molecule has 1 unspecified atom stereocenters. The summed E-state index contributed by atoms with van der Waals surface area (Å²) >= 11 is 1.77. The van der Waals surface area contributed by atoms with Gasteiger partial charge in [-0.15, -0.1) is 0 Å². The number of nitrogens with two attached hydrogens (primary N) is 1. The molecule has 1 heterocycles. The summed E-state index contributed by atoms with van der Waals surface area (Å²) in [5.41, 5.74) is 8.42. The minimum atomic E-state index is 0.180. The summed E-state index contributed by atoms with van der Waals surface area (Å²) in [6, 6.07) is 19.2. The molecule has 0 amide bonds. The van der Waals surface area contributed by atoms with Crippen molar-refractivity contribution < 1.29 is 0 Å². The van der Waals surface area contributed by atoms with E-state index in [-0.39, 0.29) is 6.04 Å². The maximum atomic E-state index is 5.93. The van der Waals surface area contributed by atoms with Crippen LogP contribution < -0.4 is 5.73 Å². The fourth-order valence-electron chi connectivity index (χ4n) is 2.34. The first kappa shape index (κ1) is 13.3. The Bertz CT molecular complexity index is 683. The Morgan fingerprint density at radius 3 is 2.65 bits per heavy atom. The lowest BCUT2D eigenvalue weighted by atomic mass is 10.1. The third-order valence-corrected chi connectivity index (χ3v) is 4.30. The van der Waals surface area contributed by atoms with E-state index in [1.54, 1.807) is 11.8 Å². The van der Waals surface area contributed by atoms with Gasteiger partial charge in [-0.05, 0) is 37.1 Å². The number of aromatic nitrogens is 1. The minimum Gasteiger partial charge on any atom is -0.349 e. The lowest BCUT2D eigenvalue weighted by Gasteiger charge is -2.10. The number of fused-ring (bicyclic) bond motifs is 1. The molecular formula is C17H18N2S. The number of rotatable bonds is 4. The van der Waals surface area contributed by atoms with E-state index in [1.165, 1.54) is 26.4 Å². The number of para-hydroxylation sites is 1. The molecule has 20 heavy (non-hydrogen) atoms. The zero-order valence-electron chi connectivity index (χ0n) is 11.5. The van der Waals surface area contributed by atoms with E-state index in [1.807, 2.05) is 6.92 Å². The number of benzene rings is 2. The van der Waals surface area contributed by atoms with E-state index < -0.39 is 0 Å². The van der Waals surface area contributed by atoms with Crippen molar-refractivity contribution in [3.63, 3.8) is 0 Å². The van der Waals surface area contributed by atoms with Gasteiger partial charge in [-0.25, -0.2) is 0 Å². The highest BCUT2D eigenvalue weighted by Crippen LogP contribution is 2.32. The molecule has 3 rings (SSSR count). The highest BCUT2D eigenvalue weighted by Gasteiger charge is 2.08. The van der Waals surface area contributed by atoms with Crippen LogP contribution in [0, 0.1) is 0 Å². The van der Waals surface area contributed by atoms with Crippen LogP contribution in [0.3, 0.4) is 0 Å². The third kappa shape index (κ3) is 2.89. The molecule has 1 atom stereocenters. The molecule has 3 heteroatoms. The lowest BCUT2D eigenvalue weighted by molar-refractivity contribution is 0.729. The first-order chi connectivity index (χ1) is 9.72. The highest BCUT2D eigenvalue weighted by atomic mass is 32.2. The van der Waals surface area contributed by atoms with Gasteiger partial charge in [0, 0.05) is 21.8 Å². The van der Waals surface area contributed by atoms with Crippen molar-refractivity contribution in [1.29, 1.82) is 0 Å². The molecule has 1 aromatic heterocycles. The number of nitrogens with one attached hydrogen (secondary N) is 1. The zero-order valence-corrected chi connectivity index (χ0v) is 12.3. The van der Waals surface area contributed by atoms with Gasteiger partial charge in [-0.3, -0.25) is 0 Å². The average Bonchev–Trinajstić information content (AvgIpc) is 2.82. The van der Waals surface area contributed by atoms with Gasteiger partial charge < -0.3 is 10.7 Å². The van der Waals surface area contributed by atoms with Gasteiger partial charge in [0.2, 0.25) is 0 Å². The van der Waals surface area contributed by atoms with Crippen LogP contribution in [0.5, 0.6) is 0 Å². The van der Waals surface area contributed by atoms with Gasteiger partial charge in [-0.1, -0.05) is 48.2 Å². The molecule has 102 valence electrons. The van der Waals surface area contributed by atoms with E-state index >= 15 is 0 Å². The first-order valence-electron chi connectivity index (χ1n) is 6.81. The van der Waals surface area contributed by atoms with Crippen molar-refractivity contribution in [2.45, 2.75) is 29.3 Å². The molecule has 2 aromatic carbocycles. The van der Waals surface area contributed by atoms with Gasteiger partial charge in [0.25, 0.3) is 0 Å². The van der Waals surface area contributed by atoms with Crippen LogP contribution >= 0.6 is 11.8 Å². The van der Waals surface area contributed by atoms with Crippen molar-refractivity contribution in [3.05, 3.63) is 60.2 Å². The van der Waals surface area contributed by atoms with Crippen LogP contribution in [0.4, 0.5) is 0 Å². The summed E-state index contributed by atoms with van der Waals surface area (Å²) in [6.07, 6.45) is 0.906. The van der Waals surface area contributed by atoms with Crippen molar-refractivity contribution >= 4 is 22.7 Å². The third-order valence-electron chi connectivity index (χ3n) is 3.24. The normalized spacial score (nSPS) is 12.7. The predicted octanol–water partition coefficient (Wildman–Crippen LogP) is 4.21. The SMILES string of the molecule is CC(N)Cc1ccccc1Sc1cc2ccccc2[nH]1.